The summed E-state index contributed by atoms with van der Waals surface area (Å²) in [6, 6.07) is 0. The minimum Gasteiger partial charge on any atom is -0.459 e. The molecule has 1 fully saturated rings. The molecule has 0 aromatic rings. The predicted octanol–water partition coefficient (Wildman–Crippen LogP) is 1.68. The lowest BCUT2D eigenvalue weighted by Gasteiger charge is -2.34. The zero-order valence-electron chi connectivity index (χ0n) is 30.7. The van der Waals surface area contributed by atoms with Gasteiger partial charge >= 0.3 is 17.9 Å². The first kappa shape index (κ1) is 43.0. The van der Waals surface area contributed by atoms with Crippen LogP contribution in [0, 0.1) is 0 Å². The molecule has 48 heavy (non-hydrogen) atoms. The van der Waals surface area contributed by atoms with Crippen molar-refractivity contribution in [2.45, 2.75) is 79.1 Å². The van der Waals surface area contributed by atoms with Crippen molar-refractivity contribution in [3.63, 3.8) is 0 Å². The third kappa shape index (κ3) is 23.3. The third-order valence-electron chi connectivity index (χ3n) is 6.58. The zero-order valence-corrected chi connectivity index (χ0v) is 30.7. The first-order valence-corrected chi connectivity index (χ1v) is 16.6. The monoisotopic (exact) mass is 684 g/mol. The molecule has 1 N–H and O–H groups in total. The number of carbonyl (C=O) groups is 4. The van der Waals surface area contributed by atoms with Gasteiger partial charge < -0.3 is 24.3 Å². The highest BCUT2D eigenvalue weighted by Gasteiger charge is 2.26. The number of esters is 3. The summed E-state index contributed by atoms with van der Waals surface area (Å²) >= 11 is 0. The number of hydrogen-bond donors (Lipinski definition) is 1. The highest BCUT2D eigenvalue weighted by atomic mass is 16.6. The van der Waals surface area contributed by atoms with Gasteiger partial charge in [0.25, 0.3) is 0 Å². The number of amides is 1. The molecule has 0 spiro atoms. The molecular weight excluding hydrogens is 624 g/mol. The average molecular weight is 685 g/mol. The normalized spacial score (nSPS) is 16.9. The molecule has 16 heteroatoms. The van der Waals surface area contributed by atoms with Gasteiger partial charge in [0.15, 0.2) is 0 Å². The molecule has 0 aromatic carbocycles. The molecule has 276 valence electrons. The van der Waals surface area contributed by atoms with Gasteiger partial charge in [-0.3, -0.25) is 38.8 Å². The highest BCUT2D eigenvalue weighted by Crippen LogP contribution is 2.11. The Morgan fingerprint density at radius 3 is 1.25 bits per heavy atom. The van der Waals surface area contributed by atoms with Gasteiger partial charge in [-0.25, -0.2) is 0 Å². The molecule has 0 aliphatic carbocycles. The second-order valence-corrected chi connectivity index (χ2v) is 14.8. The number of azide groups is 1. The standard InChI is InChI=1S/C32H60N8O8/c1-30(2,3)46-27(42)23-38-14-12-37(22-26(41)34-10-20-45-21-11-35-36-33)13-15-39(24-28(43)47-31(4,5)6)17-19-40(18-16-38)25-29(44)48-32(7,8)9/h10-25H2,1-9H3,(H,34,41). The van der Waals surface area contributed by atoms with E-state index in [9.17, 15) is 19.2 Å². The van der Waals surface area contributed by atoms with Gasteiger partial charge in [-0.2, -0.15) is 0 Å². The number of nitrogens with one attached hydrogen (secondary N) is 1. The molecule has 1 rings (SSSR count). The molecular formula is C32H60N8O8. The van der Waals surface area contributed by atoms with Gasteiger partial charge in [-0.1, -0.05) is 5.11 Å². The van der Waals surface area contributed by atoms with E-state index in [0.717, 1.165) is 0 Å². The van der Waals surface area contributed by atoms with Crippen LogP contribution in [0.4, 0.5) is 0 Å². The van der Waals surface area contributed by atoms with E-state index in [1.807, 2.05) is 81.9 Å². The van der Waals surface area contributed by atoms with Crippen LogP contribution in [-0.2, 0) is 38.1 Å². The van der Waals surface area contributed by atoms with Crippen molar-refractivity contribution in [3.8, 4) is 0 Å². The number of rotatable bonds is 14. The van der Waals surface area contributed by atoms with Crippen LogP contribution < -0.4 is 5.32 Å². The number of carbonyl (C=O) groups excluding carboxylic acids is 4. The van der Waals surface area contributed by atoms with Crippen LogP contribution in [0.2, 0.25) is 0 Å². The summed E-state index contributed by atoms with van der Waals surface area (Å²) in [4.78, 5) is 62.0. The van der Waals surface area contributed by atoms with Gasteiger partial charge in [-0.05, 0) is 67.8 Å². The fourth-order valence-electron chi connectivity index (χ4n) is 4.65. The first-order chi connectivity index (χ1) is 22.2. The topological polar surface area (TPSA) is 179 Å². The molecule has 1 aliphatic rings. The summed E-state index contributed by atoms with van der Waals surface area (Å²) in [5.41, 5.74) is 6.44. The minimum atomic E-state index is -0.638. The molecule has 0 atom stereocenters. The Kier molecular flexibility index (Phi) is 19.0. The number of nitrogens with zero attached hydrogens (tertiary/aromatic N) is 7. The van der Waals surface area contributed by atoms with Crippen LogP contribution in [0.1, 0.15) is 62.3 Å². The Bertz CT molecular complexity index is 1020. The Morgan fingerprint density at radius 2 is 0.938 bits per heavy atom. The largest absolute Gasteiger partial charge is 0.459 e. The van der Waals surface area contributed by atoms with Gasteiger partial charge in [0.1, 0.15) is 16.8 Å². The summed E-state index contributed by atoms with van der Waals surface area (Å²) in [5, 5.41) is 6.26. The smallest absolute Gasteiger partial charge is 0.320 e. The molecule has 1 amide bonds. The van der Waals surface area contributed by atoms with E-state index in [2.05, 4.69) is 15.3 Å². The van der Waals surface area contributed by atoms with Crippen molar-refractivity contribution in [2.24, 2.45) is 5.11 Å². The van der Waals surface area contributed by atoms with Crippen LogP contribution in [0.15, 0.2) is 5.11 Å². The Morgan fingerprint density at radius 1 is 0.604 bits per heavy atom. The Labute approximate surface area is 286 Å². The predicted molar refractivity (Wildman–Crippen MR) is 181 cm³/mol. The molecule has 1 heterocycles. The Balaban J connectivity index is 3.13. The van der Waals surface area contributed by atoms with Gasteiger partial charge in [0.2, 0.25) is 5.91 Å². The van der Waals surface area contributed by atoms with E-state index in [-0.39, 0.29) is 69.8 Å². The van der Waals surface area contributed by atoms with E-state index in [0.29, 0.717) is 58.9 Å². The molecule has 1 saturated heterocycles. The quantitative estimate of drug-likeness (QED) is 0.0700. The van der Waals surface area contributed by atoms with Gasteiger partial charge in [0, 0.05) is 70.4 Å². The number of ether oxygens (including phenoxy) is 4. The fourth-order valence-corrected chi connectivity index (χ4v) is 4.65. The zero-order chi connectivity index (χ0) is 36.4. The van der Waals surface area contributed by atoms with Gasteiger partial charge in [0.05, 0.1) is 39.4 Å². The SMILES string of the molecule is CC(C)(C)OC(=O)CN1CCN(CC(=O)NCCOCCN=[N+]=[N-])CCN(CC(=O)OC(C)(C)C)CCN(CC(=O)OC(C)(C)C)CC1. The minimum absolute atomic E-state index is 0.0511. The second-order valence-electron chi connectivity index (χ2n) is 14.8. The van der Waals surface area contributed by atoms with Crippen molar-refractivity contribution in [1.29, 1.82) is 0 Å². The first-order valence-electron chi connectivity index (χ1n) is 16.6. The molecule has 0 bridgehead atoms. The summed E-state index contributed by atoms with van der Waals surface area (Å²) in [7, 11) is 0. The lowest BCUT2D eigenvalue weighted by Crippen LogP contribution is -2.50. The number of hydrogen-bond acceptors (Lipinski definition) is 13. The van der Waals surface area contributed by atoms with E-state index < -0.39 is 16.8 Å². The van der Waals surface area contributed by atoms with E-state index >= 15 is 0 Å². The average Bonchev–Trinajstić information content (AvgIpc) is 2.90. The highest BCUT2D eigenvalue weighted by molar-refractivity contribution is 5.78. The summed E-state index contributed by atoms with van der Waals surface area (Å²) in [6.45, 7) is 21.4. The van der Waals surface area contributed by atoms with Crippen molar-refractivity contribution < 1.29 is 38.1 Å². The van der Waals surface area contributed by atoms with Gasteiger partial charge in [-0.15, -0.1) is 0 Å². The molecule has 0 saturated carbocycles. The lowest BCUT2D eigenvalue weighted by molar-refractivity contribution is -0.158. The maximum absolute atomic E-state index is 12.9. The van der Waals surface area contributed by atoms with Crippen LogP contribution >= 0.6 is 0 Å². The van der Waals surface area contributed by atoms with Crippen LogP contribution in [0.3, 0.4) is 0 Å². The van der Waals surface area contributed by atoms with E-state index in [4.69, 9.17) is 24.5 Å². The van der Waals surface area contributed by atoms with Crippen molar-refractivity contribution in [1.82, 2.24) is 24.9 Å². The van der Waals surface area contributed by atoms with E-state index in [1.54, 1.807) is 0 Å². The molecule has 0 unspecified atom stereocenters. The second kappa shape index (κ2) is 21.2. The van der Waals surface area contributed by atoms with Crippen molar-refractivity contribution >= 4 is 23.8 Å². The Hall–Kier alpha value is -3.01. The van der Waals surface area contributed by atoms with Crippen molar-refractivity contribution in [2.75, 3.05) is 105 Å². The maximum atomic E-state index is 12.9. The summed E-state index contributed by atoms with van der Waals surface area (Å²) in [5.74, 6) is -1.27. The van der Waals surface area contributed by atoms with Crippen LogP contribution in [-0.4, -0.2) is 165 Å². The summed E-state index contributed by atoms with van der Waals surface area (Å²) in [6.07, 6.45) is 0. The van der Waals surface area contributed by atoms with E-state index in [1.165, 1.54) is 0 Å². The third-order valence-corrected chi connectivity index (χ3v) is 6.58. The summed E-state index contributed by atoms with van der Waals surface area (Å²) < 4.78 is 22.1. The van der Waals surface area contributed by atoms with Crippen molar-refractivity contribution in [3.05, 3.63) is 10.4 Å². The van der Waals surface area contributed by atoms with Crippen LogP contribution in [0.25, 0.3) is 10.4 Å². The molecule has 0 radical (unpaired) electrons. The molecule has 16 nitrogen and oxygen atoms in total. The fraction of sp³-hybridized carbons (Fsp3) is 0.875. The molecule has 0 aromatic heterocycles. The maximum Gasteiger partial charge on any atom is 0.320 e. The van der Waals surface area contributed by atoms with Crippen LogP contribution in [0.5, 0.6) is 0 Å². The lowest BCUT2D eigenvalue weighted by atomic mass is 10.2. The molecule has 1 aliphatic heterocycles.